The van der Waals surface area contributed by atoms with Crippen molar-refractivity contribution in [3.8, 4) is 11.1 Å². The molecule has 0 saturated heterocycles. The molecule has 0 radical (unpaired) electrons. The molecule has 5 nitrogen and oxygen atoms in total. The van der Waals surface area contributed by atoms with Crippen LogP contribution < -0.4 is 16.0 Å². The fourth-order valence-electron chi connectivity index (χ4n) is 3.70. The van der Waals surface area contributed by atoms with Gasteiger partial charge < -0.3 is 16.0 Å². The van der Waals surface area contributed by atoms with Crippen molar-refractivity contribution in [1.29, 1.82) is 0 Å². The van der Waals surface area contributed by atoms with Crippen molar-refractivity contribution in [2.75, 3.05) is 10.6 Å². The first kappa shape index (κ1) is 21.6. The van der Waals surface area contributed by atoms with E-state index in [4.69, 9.17) is 12.2 Å². The molecule has 0 aliphatic rings. The van der Waals surface area contributed by atoms with E-state index in [2.05, 4.69) is 74.4 Å². The minimum atomic E-state index is 0.561. The van der Waals surface area contributed by atoms with Crippen molar-refractivity contribution >= 4 is 45.4 Å². The van der Waals surface area contributed by atoms with Crippen molar-refractivity contribution < 1.29 is 0 Å². The third-order valence-corrected chi connectivity index (χ3v) is 5.69. The molecule has 1 heterocycles. The van der Waals surface area contributed by atoms with Gasteiger partial charge in [-0.1, -0.05) is 72.8 Å². The maximum atomic E-state index is 5.48. The second-order valence-corrected chi connectivity index (χ2v) is 8.22. The lowest BCUT2D eigenvalue weighted by Crippen LogP contribution is -2.27. The number of anilines is 3. The molecule has 0 fully saturated rings. The molecule has 0 aliphatic carbocycles. The monoisotopic (exact) mass is 461 g/mol. The summed E-state index contributed by atoms with van der Waals surface area (Å²) in [5, 5.41) is 11.4. The summed E-state index contributed by atoms with van der Waals surface area (Å²) in [6, 6.07) is 34.7. The van der Waals surface area contributed by atoms with Crippen LogP contribution in [0.3, 0.4) is 0 Å². The number of hydrogen-bond acceptors (Lipinski definition) is 4. The first-order valence-electron chi connectivity index (χ1n) is 11.0. The van der Waals surface area contributed by atoms with Crippen LogP contribution in [0, 0.1) is 0 Å². The molecule has 0 unspecified atom stereocenters. The Bertz CT molecular complexity index is 1400. The fourth-order valence-corrected chi connectivity index (χ4v) is 3.89. The van der Waals surface area contributed by atoms with Gasteiger partial charge in [0.2, 0.25) is 0 Å². The fraction of sp³-hybridized carbons (Fsp3) is 0.0357. The molecule has 34 heavy (non-hydrogen) atoms. The number of benzene rings is 4. The van der Waals surface area contributed by atoms with Crippen molar-refractivity contribution in [3.05, 3.63) is 115 Å². The minimum absolute atomic E-state index is 0.561. The van der Waals surface area contributed by atoms with E-state index in [0.717, 1.165) is 28.1 Å². The molecule has 0 saturated carbocycles. The van der Waals surface area contributed by atoms with Crippen LogP contribution in [-0.4, -0.2) is 15.1 Å². The van der Waals surface area contributed by atoms with Crippen LogP contribution >= 0.6 is 12.2 Å². The summed E-state index contributed by atoms with van der Waals surface area (Å²) in [5.74, 6) is 0.740. The molecule has 3 N–H and O–H groups in total. The van der Waals surface area contributed by atoms with E-state index in [9.17, 15) is 0 Å². The molecule has 5 rings (SSSR count). The topological polar surface area (TPSA) is 61.9 Å². The Morgan fingerprint density at radius 1 is 0.706 bits per heavy atom. The minimum Gasteiger partial charge on any atom is -0.358 e. The van der Waals surface area contributed by atoms with Crippen molar-refractivity contribution in [2.45, 2.75) is 6.54 Å². The quantitative estimate of drug-likeness (QED) is 0.250. The first-order valence-corrected chi connectivity index (χ1v) is 11.4. The Morgan fingerprint density at radius 2 is 1.38 bits per heavy atom. The van der Waals surface area contributed by atoms with E-state index < -0.39 is 0 Å². The molecular weight excluding hydrogens is 438 g/mol. The highest BCUT2D eigenvalue weighted by Gasteiger charge is 2.07. The Morgan fingerprint density at radius 3 is 2.15 bits per heavy atom. The van der Waals surface area contributed by atoms with Gasteiger partial charge in [-0.2, -0.15) is 0 Å². The van der Waals surface area contributed by atoms with Crippen LogP contribution in [-0.2, 0) is 6.54 Å². The summed E-state index contributed by atoms with van der Waals surface area (Å²) in [5.41, 5.74) is 6.21. The summed E-state index contributed by atoms with van der Waals surface area (Å²) in [7, 11) is 0. The Kier molecular flexibility index (Phi) is 6.40. The van der Waals surface area contributed by atoms with Crippen LogP contribution in [0.15, 0.2) is 109 Å². The van der Waals surface area contributed by atoms with Crippen LogP contribution in [0.25, 0.3) is 22.0 Å². The second kappa shape index (κ2) is 10.1. The smallest absolute Gasteiger partial charge is 0.171 e. The van der Waals surface area contributed by atoms with Gasteiger partial charge in [0.15, 0.2) is 5.11 Å². The van der Waals surface area contributed by atoms with E-state index in [1.54, 1.807) is 6.33 Å². The molecule has 0 amide bonds. The van der Waals surface area contributed by atoms with E-state index >= 15 is 0 Å². The molecule has 4 aromatic carbocycles. The third kappa shape index (κ3) is 5.19. The third-order valence-electron chi connectivity index (χ3n) is 5.44. The Labute approximate surface area is 203 Å². The Balaban J connectivity index is 1.31. The molecule has 0 bridgehead atoms. The number of nitrogens with one attached hydrogen (secondary N) is 3. The van der Waals surface area contributed by atoms with E-state index in [0.29, 0.717) is 11.7 Å². The normalized spacial score (nSPS) is 10.6. The summed E-state index contributed by atoms with van der Waals surface area (Å²) >= 11 is 5.48. The van der Waals surface area contributed by atoms with Crippen molar-refractivity contribution in [1.82, 2.24) is 15.3 Å². The maximum Gasteiger partial charge on any atom is 0.171 e. The van der Waals surface area contributed by atoms with Gasteiger partial charge in [-0.25, -0.2) is 9.97 Å². The van der Waals surface area contributed by atoms with Gasteiger partial charge in [0.05, 0.1) is 5.52 Å². The molecular formula is C28H23N5S. The second-order valence-electron chi connectivity index (χ2n) is 7.82. The van der Waals surface area contributed by atoms with Crippen LogP contribution in [0.1, 0.15) is 5.56 Å². The van der Waals surface area contributed by atoms with Gasteiger partial charge in [0.1, 0.15) is 12.1 Å². The van der Waals surface area contributed by atoms with Gasteiger partial charge in [-0.15, -0.1) is 0 Å². The molecule has 0 atom stereocenters. The van der Waals surface area contributed by atoms with E-state index in [1.807, 2.05) is 54.6 Å². The number of thiocarbonyl (C=S) groups is 1. The first-order chi connectivity index (χ1) is 16.7. The van der Waals surface area contributed by atoms with E-state index in [-0.39, 0.29) is 0 Å². The summed E-state index contributed by atoms with van der Waals surface area (Å²) in [6.07, 6.45) is 1.57. The lowest BCUT2D eigenvalue weighted by molar-refractivity contribution is 0.926. The molecule has 5 aromatic rings. The molecule has 6 heteroatoms. The zero-order valence-electron chi connectivity index (χ0n) is 18.4. The summed E-state index contributed by atoms with van der Waals surface area (Å²) < 4.78 is 0. The lowest BCUT2D eigenvalue weighted by Gasteiger charge is -2.13. The average molecular weight is 462 g/mol. The number of rotatable bonds is 6. The zero-order valence-corrected chi connectivity index (χ0v) is 19.2. The highest BCUT2D eigenvalue weighted by atomic mass is 32.1. The lowest BCUT2D eigenvalue weighted by atomic mass is 10.1. The Hall–Kier alpha value is -4.29. The number of aromatic nitrogens is 2. The van der Waals surface area contributed by atoms with Gasteiger partial charge in [-0.3, -0.25) is 0 Å². The summed E-state index contributed by atoms with van der Waals surface area (Å²) in [6.45, 7) is 0.662. The average Bonchev–Trinajstić information content (AvgIpc) is 2.89. The predicted molar refractivity (Wildman–Crippen MR) is 144 cm³/mol. The van der Waals surface area contributed by atoms with Crippen molar-refractivity contribution in [3.63, 3.8) is 0 Å². The number of nitrogens with zero attached hydrogens (tertiary/aromatic N) is 2. The number of hydrogen-bond donors (Lipinski definition) is 3. The highest BCUT2D eigenvalue weighted by molar-refractivity contribution is 7.80. The van der Waals surface area contributed by atoms with Gasteiger partial charge in [0, 0.05) is 23.3 Å². The van der Waals surface area contributed by atoms with Gasteiger partial charge in [0.25, 0.3) is 0 Å². The summed E-state index contributed by atoms with van der Waals surface area (Å²) in [4.78, 5) is 8.89. The molecule has 166 valence electrons. The van der Waals surface area contributed by atoms with Gasteiger partial charge in [-0.05, 0) is 59.2 Å². The SMILES string of the molecule is S=C(NCc1ccccc1)Nc1ccc2ncnc(Nc3ccc(-c4ccccc4)cc3)c2c1. The van der Waals surface area contributed by atoms with Crippen LogP contribution in [0.5, 0.6) is 0 Å². The van der Waals surface area contributed by atoms with Crippen LogP contribution in [0.2, 0.25) is 0 Å². The highest BCUT2D eigenvalue weighted by Crippen LogP contribution is 2.27. The van der Waals surface area contributed by atoms with Gasteiger partial charge >= 0.3 is 0 Å². The maximum absolute atomic E-state index is 5.48. The molecule has 0 aliphatic heterocycles. The predicted octanol–water partition coefficient (Wildman–Crippen LogP) is 6.53. The van der Waals surface area contributed by atoms with E-state index in [1.165, 1.54) is 16.7 Å². The van der Waals surface area contributed by atoms with Crippen molar-refractivity contribution in [2.24, 2.45) is 0 Å². The molecule has 1 aromatic heterocycles. The van der Waals surface area contributed by atoms with Crippen LogP contribution in [0.4, 0.5) is 17.2 Å². The molecule has 0 spiro atoms. The standard InChI is InChI=1S/C28H23N5S/c34-28(29-18-20-7-3-1-4-8-20)33-24-15-16-26-25(17-24)27(31-19-30-26)32-23-13-11-22(12-14-23)21-9-5-2-6-10-21/h1-17,19H,18H2,(H2,29,33,34)(H,30,31,32). The zero-order chi connectivity index (χ0) is 23.2. The largest absolute Gasteiger partial charge is 0.358 e. The number of fused-ring (bicyclic) bond motifs is 1.